The van der Waals surface area contributed by atoms with Crippen molar-refractivity contribution in [2.24, 2.45) is 7.05 Å². The van der Waals surface area contributed by atoms with E-state index in [1.807, 2.05) is 0 Å². The van der Waals surface area contributed by atoms with E-state index in [2.05, 4.69) is 5.10 Å². The Kier molecular flexibility index (Phi) is 1.58. The highest BCUT2D eigenvalue weighted by atomic mass is 19.2. The van der Waals surface area contributed by atoms with Crippen molar-refractivity contribution in [1.82, 2.24) is 9.78 Å². The second kappa shape index (κ2) is 2.52. The van der Waals surface area contributed by atoms with Crippen molar-refractivity contribution in [2.45, 2.75) is 6.92 Å². The van der Waals surface area contributed by atoms with Crippen LogP contribution < -0.4 is 0 Å². The van der Waals surface area contributed by atoms with Gasteiger partial charge in [0, 0.05) is 18.6 Å². The van der Waals surface area contributed by atoms with Crippen LogP contribution in [0, 0.1) is 18.6 Å². The van der Waals surface area contributed by atoms with Crippen molar-refractivity contribution in [3.8, 4) is 0 Å². The van der Waals surface area contributed by atoms with Crippen molar-refractivity contribution in [3.05, 3.63) is 29.5 Å². The lowest BCUT2D eigenvalue weighted by Gasteiger charge is -1.96. The van der Waals surface area contributed by atoms with Gasteiger partial charge in [-0.25, -0.2) is 8.78 Å². The van der Waals surface area contributed by atoms with E-state index in [1.54, 1.807) is 20.2 Å². The third-order valence-corrected chi connectivity index (χ3v) is 2.01. The van der Waals surface area contributed by atoms with E-state index < -0.39 is 11.6 Å². The molecule has 0 spiro atoms. The third kappa shape index (κ3) is 1.09. The van der Waals surface area contributed by atoms with Gasteiger partial charge >= 0.3 is 0 Å². The Labute approximate surface area is 73.8 Å². The highest BCUT2D eigenvalue weighted by Gasteiger charge is 2.12. The molecule has 1 heterocycles. The molecular weight excluding hydrogens is 174 g/mol. The van der Waals surface area contributed by atoms with Gasteiger partial charge in [-0.15, -0.1) is 0 Å². The Bertz CT molecular complexity index is 474. The molecule has 4 heteroatoms. The predicted molar refractivity (Wildman–Crippen MR) is 45.4 cm³/mol. The zero-order chi connectivity index (χ0) is 9.59. The van der Waals surface area contributed by atoms with E-state index in [0.717, 1.165) is 0 Å². The number of aromatic nitrogens is 2. The molecule has 1 aromatic carbocycles. The number of nitrogens with zero attached hydrogens (tertiary/aromatic N) is 2. The average molecular weight is 182 g/mol. The zero-order valence-electron chi connectivity index (χ0n) is 7.31. The fourth-order valence-corrected chi connectivity index (χ4v) is 1.38. The summed E-state index contributed by atoms with van der Waals surface area (Å²) >= 11 is 0. The molecule has 0 aliphatic heterocycles. The fraction of sp³-hybridized carbons (Fsp3) is 0.222. The summed E-state index contributed by atoms with van der Waals surface area (Å²) in [7, 11) is 1.68. The van der Waals surface area contributed by atoms with Gasteiger partial charge < -0.3 is 0 Å². The minimum absolute atomic E-state index is 0.0972. The molecular formula is C9H8F2N2. The molecule has 0 amide bonds. The molecule has 13 heavy (non-hydrogen) atoms. The molecule has 0 fully saturated rings. The summed E-state index contributed by atoms with van der Waals surface area (Å²) in [4.78, 5) is 0. The molecule has 0 atom stereocenters. The lowest BCUT2D eigenvalue weighted by molar-refractivity contribution is 0.513. The van der Waals surface area contributed by atoms with Crippen molar-refractivity contribution in [1.29, 1.82) is 0 Å². The Morgan fingerprint density at radius 2 is 2.08 bits per heavy atom. The Morgan fingerprint density at radius 1 is 1.38 bits per heavy atom. The molecule has 68 valence electrons. The first-order chi connectivity index (χ1) is 6.09. The van der Waals surface area contributed by atoms with Crippen molar-refractivity contribution in [3.63, 3.8) is 0 Å². The summed E-state index contributed by atoms with van der Waals surface area (Å²) in [5.74, 6) is -1.72. The summed E-state index contributed by atoms with van der Waals surface area (Å²) in [5.41, 5.74) is 0.794. The van der Waals surface area contributed by atoms with Gasteiger partial charge in [0.2, 0.25) is 0 Å². The molecule has 0 saturated heterocycles. The van der Waals surface area contributed by atoms with E-state index in [4.69, 9.17) is 0 Å². The molecule has 0 aliphatic rings. The smallest absolute Gasteiger partial charge is 0.186 e. The first-order valence-electron chi connectivity index (χ1n) is 3.87. The Hall–Kier alpha value is -1.45. The molecule has 0 unspecified atom stereocenters. The summed E-state index contributed by atoms with van der Waals surface area (Å²) in [6.45, 7) is 1.73. The maximum Gasteiger partial charge on any atom is 0.186 e. The van der Waals surface area contributed by atoms with Gasteiger partial charge in [-0.05, 0) is 18.6 Å². The molecule has 2 aromatic rings. The number of halogens is 2. The van der Waals surface area contributed by atoms with E-state index >= 15 is 0 Å². The van der Waals surface area contributed by atoms with E-state index in [1.165, 1.54) is 10.7 Å². The standard InChI is InChI=1S/C9H8F2N2/c1-5-3-7(10)8(11)9-6(5)4-13(2)12-9/h3-4H,1-2H3. The van der Waals surface area contributed by atoms with E-state index in [0.29, 0.717) is 10.9 Å². The monoisotopic (exact) mass is 182 g/mol. The van der Waals surface area contributed by atoms with Gasteiger partial charge in [0.15, 0.2) is 11.6 Å². The van der Waals surface area contributed by atoms with Gasteiger partial charge in [-0.2, -0.15) is 5.10 Å². The molecule has 2 nitrogen and oxygen atoms in total. The lowest BCUT2D eigenvalue weighted by Crippen LogP contribution is -1.89. The Morgan fingerprint density at radius 3 is 2.77 bits per heavy atom. The van der Waals surface area contributed by atoms with Crippen molar-refractivity contribution in [2.75, 3.05) is 0 Å². The van der Waals surface area contributed by atoms with Crippen LogP contribution in [0.4, 0.5) is 8.78 Å². The normalized spacial score (nSPS) is 11.1. The quantitative estimate of drug-likeness (QED) is 0.610. The number of fused-ring (bicyclic) bond motifs is 1. The number of aryl methyl sites for hydroxylation is 2. The SMILES string of the molecule is Cc1cc(F)c(F)c2nn(C)cc12. The van der Waals surface area contributed by atoms with Crippen LogP contribution in [-0.2, 0) is 7.05 Å². The van der Waals surface area contributed by atoms with Crippen molar-refractivity contribution < 1.29 is 8.78 Å². The van der Waals surface area contributed by atoms with Crippen LogP contribution in [-0.4, -0.2) is 9.78 Å². The second-order valence-corrected chi connectivity index (χ2v) is 3.05. The summed E-state index contributed by atoms with van der Waals surface area (Å²) < 4.78 is 27.5. The van der Waals surface area contributed by atoms with Crippen LogP contribution in [0.25, 0.3) is 10.9 Å². The lowest BCUT2D eigenvalue weighted by atomic mass is 10.1. The number of rotatable bonds is 0. The van der Waals surface area contributed by atoms with Gasteiger partial charge in [-0.1, -0.05) is 0 Å². The van der Waals surface area contributed by atoms with Gasteiger partial charge in [0.25, 0.3) is 0 Å². The minimum atomic E-state index is -0.874. The van der Waals surface area contributed by atoms with Crippen LogP contribution in [0.5, 0.6) is 0 Å². The van der Waals surface area contributed by atoms with Crippen LogP contribution >= 0.6 is 0 Å². The predicted octanol–water partition coefficient (Wildman–Crippen LogP) is 2.16. The minimum Gasteiger partial charge on any atom is -0.274 e. The maximum atomic E-state index is 13.1. The van der Waals surface area contributed by atoms with Crippen molar-refractivity contribution >= 4 is 10.9 Å². The fourth-order valence-electron chi connectivity index (χ4n) is 1.38. The first-order valence-corrected chi connectivity index (χ1v) is 3.87. The van der Waals surface area contributed by atoms with E-state index in [-0.39, 0.29) is 5.52 Å². The van der Waals surface area contributed by atoms with Gasteiger partial charge in [-0.3, -0.25) is 4.68 Å². The molecule has 0 N–H and O–H groups in total. The van der Waals surface area contributed by atoms with Crippen LogP contribution in [0.3, 0.4) is 0 Å². The van der Waals surface area contributed by atoms with Crippen LogP contribution in [0.2, 0.25) is 0 Å². The maximum absolute atomic E-state index is 13.1. The molecule has 0 aliphatic carbocycles. The molecule has 0 bridgehead atoms. The Balaban J connectivity index is 2.95. The average Bonchev–Trinajstić information content (AvgIpc) is 2.44. The van der Waals surface area contributed by atoms with Crippen LogP contribution in [0.15, 0.2) is 12.3 Å². The summed E-state index contributed by atoms with van der Waals surface area (Å²) in [6, 6.07) is 1.18. The zero-order valence-corrected chi connectivity index (χ0v) is 7.31. The third-order valence-electron chi connectivity index (χ3n) is 2.01. The molecule has 1 aromatic heterocycles. The summed E-state index contributed by atoms with van der Waals surface area (Å²) in [5, 5.41) is 4.49. The highest BCUT2D eigenvalue weighted by Crippen LogP contribution is 2.22. The number of hydrogen-bond acceptors (Lipinski definition) is 1. The number of hydrogen-bond donors (Lipinski definition) is 0. The number of benzene rings is 1. The van der Waals surface area contributed by atoms with Crippen LogP contribution in [0.1, 0.15) is 5.56 Å². The van der Waals surface area contributed by atoms with Gasteiger partial charge in [0.1, 0.15) is 5.52 Å². The van der Waals surface area contributed by atoms with E-state index in [9.17, 15) is 8.78 Å². The second-order valence-electron chi connectivity index (χ2n) is 3.05. The first kappa shape index (κ1) is 8.16. The highest BCUT2D eigenvalue weighted by molar-refractivity contribution is 5.82. The molecule has 2 rings (SSSR count). The summed E-state index contributed by atoms with van der Waals surface area (Å²) in [6.07, 6.45) is 1.67. The largest absolute Gasteiger partial charge is 0.274 e. The molecule has 0 saturated carbocycles. The molecule has 0 radical (unpaired) electrons. The topological polar surface area (TPSA) is 17.8 Å². The van der Waals surface area contributed by atoms with Gasteiger partial charge in [0.05, 0.1) is 0 Å².